The molecule has 15 heteroatoms. The van der Waals surface area contributed by atoms with E-state index in [2.05, 4.69) is 5.32 Å². The van der Waals surface area contributed by atoms with Gasteiger partial charge in [0.2, 0.25) is 0 Å². The van der Waals surface area contributed by atoms with Crippen molar-refractivity contribution in [2.45, 2.75) is 6.54 Å². The normalized spacial score (nSPS) is 12.4. The van der Waals surface area contributed by atoms with Crippen LogP contribution in [0, 0.1) is 0 Å². The minimum atomic E-state index is -3.11. The van der Waals surface area contributed by atoms with Crippen molar-refractivity contribution in [2.24, 2.45) is 0 Å². The van der Waals surface area contributed by atoms with E-state index in [1.54, 1.807) is 36.5 Å². The second-order valence-electron chi connectivity index (χ2n) is 5.69. The van der Waals surface area contributed by atoms with Crippen LogP contribution in [0.25, 0.3) is 6.08 Å². The maximum absolute atomic E-state index is 12.8. The molecule has 1 aliphatic carbocycles. The molecule has 2 aromatic carbocycles. The van der Waals surface area contributed by atoms with Crippen molar-refractivity contribution in [3.8, 4) is 11.5 Å². The van der Waals surface area contributed by atoms with Crippen LogP contribution in [0.5, 0.6) is 11.5 Å². The zero-order valence-electron chi connectivity index (χ0n) is 16.7. The van der Waals surface area contributed by atoms with Gasteiger partial charge in [-0.25, -0.2) is 0 Å². The second kappa shape index (κ2) is 13.7. The molecule has 0 atom stereocenters. The van der Waals surface area contributed by atoms with Crippen LogP contribution in [0.15, 0.2) is 30.5 Å². The molecule has 2 aromatic rings. The number of carbonyl (C=O) groups is 2. The second-order valence-corrected chi connectivity index (χ2v) is 6.56. The summed E-state index contributed by atoms with van der Waals surface area (Å²) < 4.78 is 48.2. The van der Waals surface area contributed by atoms with Crippen LogP contribution >= 0.6 is 0 Å². The van der Waals surface area contributed by atoms with E-state index in [1.165, 1.54) is 0 Å². The molecule has 0 aromatic heterocycles. The molecule has 0 saturated carbocycles. The van der Waals surface area contributed by atoms with Gasteiger partial charge in [-0.05, 0) is 17.8 Å². The van der Waals surface area contributed by atoms with Crippen molar-refractivity contribution in [2.75, 3.05) is 0 Å². The zero-order chi connectivity index (χ0) is 22.6. The summed E-state index contributed by atoms with van der Waals surface area (Å²) in [5.74, 6) is -1.65. The number of fused-ring (bicyclic) bond motifs is 4. The number of rotatable bonds is 0. The molecule has 0 spiro atoms. The number of phenolic OH excluding ortho intramolecular Hbond substituents is 2. The molecular formula is C17H13NNa2O10S2. The number of phenols is 2. The summed E-state index contributed by atoms with van der Waals surface area (Å²) in [4.78, 5) is 25.4. The van der Waals surface area contributed by atoms with Gasteiger partial charge in [0, 0.05) is 28.8 Å². The van der Waals surface area contributed by atoms with Crippen LogP contribution in [-0.4, -0.2) is 48.4 Å². The van der Waals surface area contributed by atoms with Crippen molar-refractivity contribution in [1.82, 2.24) is 5.32 Å². The first-order valence-corrected chi connectivity index (χ1v) is 9.90. The molecule has 32 heavy (non-hydrogen) atoms. The summed E-state index contributed by atoms with van der Waals surface area (Å²) in [5.41, 5.74) is 1.50. The molecule has 0 amide bonds. The van der Waals surface area contributed by atoms with Gasteiger partial charge in [0.05, 0.1) is 5.56 Å². The Labute approximate surface area is 231 Å². The average molecular weight is 501 g/mol. The average Bonchev–Trinajstić information content (AvgIpc) is 2.68. The fraction of sp³-hybridized carbons (Fsp3) is 0.0588. The summed E-state index contributed by atoms with van der Waals surface area (Å²) in [6.07, 6.45) is 3.29. The molecule has 11 nitrogen and oxygen atoms in total. The fourth-order valence-electron chi connectivity index (χ4n) is 3.06. The third kappa shape index (κ3) is 7.03. The first kappa shape index (κ1) is 31.1. The molecule has 160 valence electrons. The van der Waals surface area contributed by atoms with Gasteiger partial charge in [-0.2, -0.15) is 4.21 Å². The number of benzene rings is 2. The third-order valence-corrected chi connectivity index (χ3v) is 4.11. The quantitative estimate of drug-likeness (QED) is 0.112. The number of hydrogen-bond acceptors (Lipinski definition) is 9. The van der Waals surface area contributed by atoms with Gasteiger partial charge in [-0.3, -0.25) is 22.9 Å². The molecule has 1 aliphatic heterocycles. The van der Waals surface area contributed by atoms with Gasteiger partial charge < -0.3 is 24.6 Å². The summed E-state index contributed by atoms with van der Waals surface area (Å²) in [7, 11) is 0. The fourth-order valence-corrected chi connectivity index (χ4v) is 3.06. The van der Waals surface area contributed by atoms with E-state index in [9.17, 15) is 19.8 Å². The zero-order valence-corrected chi connectivity index (χ0v) is 22.4. The van der Waals surface area contributed by atoms with Gasteiger partial charge in [0.25, 0.3) is 11.4 Å². The Hall–Kier alpha value is -0.940. The van der Waals surface area contributed by atoms with Crippen molar-refractivity contribution in [1.29, 1.82) is 0 Å². The van der Waals surface area contributed by atoms with E-state index in [0.717, 1.165) is 0 Å². The van der Waals surface area contributed by atoms with E-state index in [0.29, 0.717) is 16.7 Å². The minimum absolute atomic E-state index is 0. The Morgan fingerprint density at radius 1 is 0.875 bits per heavy atom. The van der Waals surface area contributed by atoms with Crippen LogP contribution in [0.3, 0.4) is 0 Å². The van der Waals surface area contributed by atoms with E-state index in [1.807, 2.05) is 0 Å². The van der Waals surface area contributed by atoms with Gasteiger partial charge in [-0.1, -0.05) is 24.3 Å². The van der Waals surface area contributed by atoms with E-state index in [-0.39, 0.29) is 93.9 Å². The Morgan fingerprint density at radius 2 is 1.31 bits per heavy atom. The molecule has 2 aliphatic rings. The van der Waals surface area contributed by atoms with Gasteiger partial charge in [-0.15, -0.1) is 11.4 Å². The van der Waals surface area contributed by atoms with E-state index in [4.69, 9.17) is 26.6 Å². The first-order valence-electron chi connectivity index (χ1n) is 7.83. The Balaban J connectivity index is 0.000000841. The number of ketones is 2. The Morgan fingerprint density at radius 3 is 1.78 bits per heavy atom. The topological polar surface area (TPSA) is 207 Å². The summed E-state index contributed by atoms with van der Waals surface area (Å²) in [6.45, 7) is 0.279. The van der Waals surface area contributed by atoms with Crippen molar-refractivity contribution in [3.05, 3.63) is 63.8 Å². The van der Waals surface area contributed by atoms with Crippen LogP contribution in [0.1, 0.15) is 43.0 Å². The van der Waals surface area contributed by atoms with Crippen LogP contribution in [-0.2, 0) is 29.3 Å². The Bertz CT molecular complexity index is 1090. The standard InChI is InChI=1S/C17H11NO4.2Na.2H2O3S/c19-14-9-3-1-2-4-10(9)15(20)13-12(14)8-5-6-18-7-11(8)16(21)17(13)22;;;2*1-4(2)3/h1-6,18,21-22H,7H2;;;2*(H2,1,2,3)/q;2*+1;;/p-2. The molecular weight excluding hydrogens is 488 g/mol. The summed E-state index contributed by atoms with van der Waals surface area (Å²) in [6, 6.07) is 6.50. The monoisotopic (exact) mass is 501 g/mol. The largest absolute Gasteiger partial charge is 1.00 e. The number of aromatic hydroxyl groups is 2. The molecule has 5 N–H and O–H groups in total. The van der Waals surface area contributed by atoms with E-state index < -0.39 is 34.3 Å². The predicted molar refractivity (Wildman–Crippen MR) is 102 cm³/mol. The van der Waals surface area contributed by atoms with Gasteiger partial charge >= 0.3 is 59.1 Å². The van der Waals surface area contributed by atoms with Crippen LogP contribution in [0.2, 0.25) is 0 Å². The number of hydrogen-bond donors (Lipinski definition) is 5. The molecule has 1 heterocycles. The maximum Gasteiger partial charge on any atom is 1.00 e. The predicted octanol–water partition coefficient (Wildman–Crippen LogP) is -5.37. The molecule has 0 unspecified atom stereocenters. The molecule has 0 radical (unpaired) electrons. The summed E-state index contributed by atoms with van der Waals surface area (Å²) >= 11 is -5.72. The van der Waals surface area contributed by atoms with Gasteiger partial charge in [0.15, 0.2) is 23.1 Å². The molecule has 0 bridgehead atoms. The van der Waals surface area contributed by atoms with Crippen molar-refractivity contribution >= 4 is 40.4 Å². The number of carbonyl (C=O) groups excluding carboxylic acids is 2. The van der Waals surface area contributed by atoms with Crippen molar-refractivity contribution in [3.63, 3.8) is 0 Å². The maximum atomic E-state index is 12.8. The van der Waals surface area contributed by atoms with Gasteiger partial charge in [0.1, 0.15) is 0 Å². The van der Waals surface area contributed by atoms with Crippen LogP contribution in [0.4, 0.5) is 0 Å². The van der Waals surface area contributed by atoms with Crippen LogP contribution < -0.4 is 64.4 Å². The smallest absolute Gasteiger partial charge is 0.784 e. The SMILES string of the molecule is O=C1c2ccccc2C(=O)c2c3c(c(O)c(O)c21)CNC=C3.O=S(O)O.O=S([O-])[O-].[Na+].[Na+]. The summed E-state index contributed by atoms with van der Waals surface area (Å²) in [5, 5.41) is 23.3. The first-order chi connectivity index (χ1) is 14.1. The minimum Gasteiger partial charge on any atom is -0.784 e. The Kier molecular flexibility index (Phi) is 13.3. The van der Waals surface area contributed by atoms with Crippen molar-refractivity contribution < 1.29 is 106 Å². The third-order valence-electron chi connectivity index (χ3n) is 4.11. The molecule has 0 saturated heterocycles. The number of nitrogens with one attached hydrogen (secondary N) is 1. The molecule has 4 rings (SSSR count). The molecule has 0 fully saturated rings. The van der Waals surface area contributed by atoms with E-state index >= 15 is 0 Å².